The van der Waals surface area contributed by atoms with Gasteiger partial charge in [0.25, 0.3) is 0 Å². The minimum absolute atomic E-state index is 0.979. The van der Waals surface area contributed by atoms with Crippen molar-refractivity contribution in [2.75, 3.05) is 18.0 Å². The van der Waals surface area contributed by atoms with E-state index in [-0.39, 0.29) is 0 Å². The summed E-state index contributed by atoms with van der Waals surface area (Å²) in [6.45, 7) is 6.33. The average molecular weight is 253 g/mol. The Bertz CT molecular complexity index is 490. The number of anilines is 1. The number of nitrogens with zero attached hydrogens (tertiary/aromatic N) is 2. The van der Waals surface area contributed by atoms with E-state index in [9.17, 15) is 0 Å². The molecule has 0 spiro atoms. The lowest BCUT2D eigenvalue weighted by Gasteiger charge is -2.20. The van der Waals surface area contributed by atoms with Gasteiger partial charge in [-0.25, -0.2) is 4.98 Å². The Balaban J connectivity index is 2.03. The van der Waals surface area contributed by atoms with Crippen LogP contribution in [0.3, 0.4) is 0 Å². The molecule has 0 unspecified atom stereocenters. The van der Waals surface area contributed by atoms with E-state index in [1.165, 1.54) is 5.56 Å². The molecule has 0 aliphatic rings. The van der Waals surface area contributed by atoms with Crippen molar-refractivity contribution in [3.63, 3.8) is 0 Å². The second kappa shape index (κ2) is 6.93. The zero-order valence-corrected chi connectivity index (χ0v) is 11.8. The molecule has 2 heteroatoms. The molecule has 0 bridgehead atoms. The molecule has 99 valence electrons. The molecule has 19 heavy (non-hydrogen) atoms. The third kappa shape index (κ3) is 3.82. The maximum Gasteiger partial charge on any atom is 0.128 e. The molecular formula is C17H21N2. The Kier molecular flexibility index (Phi) is 4.96. The molecule has 2 nitrogen and oxygen atoms in total. The van der Waals surface area contributed by atoms with Gasteiger partial charge in [-0.1, -0.05) is 30.3 Å². The van der Waals surface area contributed by atoms with Crippen LogP contribution in [0.1, 0.15) is 25.1 Å². The number of aromatic nitrogens is 1. The van der Waals surface area contributed by atoms with Crippen molar-refractivity contribution in [2.24, 2.45) is 0 Å². The van der Waals surface area contributed by atoms with Gasteiger partial charge in [0, 0.05) is 18.8 Å². The van der Waals surface area contributed by atoms with E-state index in [1.807, 2.05) is 18.2 Å². The van der Waals surface area contributed by atoms with E-state index >= 15 is 0 Å². The molecule has 0 fully saturated rings. The molecule has 0 aliphatic carbocycles. The van der Waals surface area contributed by atoms with Crippen molar-refractivity contribution in [1.29, 1.82) is 0 Å². The maximum atomic E-state index is 4.75. The van der Waals surface area contributed by atoms with Crippen molar-refractivity contribution in [2.45, 2.75) is 26.7 Å². The second-order valence-electron chi connectivity index (χ2n) is 4.57. The summed E-state index contributed by atoms with van der Waals surface area (Å²) in [7, 11) is 0. The fourth-order valence-electron chi connectivity index (χ4n) is 2.19. The van der Waals surface area contributed by atoms with Crippen molar-refractivity contribution < 1.29 is 0 Å². The van der Waals surface area contributed by atoms with Crippen LogP contribution in [0.2, 0.25) is 0 Å². The summed E-state index contributed by atoms with van der Waals surface area (Å²) >= 11 is 0. The Hall–Kier alpha value is -1.83. The Morgan fingerprint density at radius 2 is 1.89 bits per heavy atom. The molecule has 1 radical (unpaired) electrons. The molecule has 0 saturated heterocycles. The second-order valence-corrected chi connectivity index (χ2v) is 4.57. The van der Waals surface area contributed by atoms with Gasteiger partial charge in [0.1, 0.15) is 5.82 Å². The smallest absolute Gasteiger partial charge is 0.128 e. The van der Waals surface area contributed by atoms with Crippen LogP contribution in [0.15, 0.2) is 42.5 Å². The lowest BCUT2D eigenvalue weighted by molar-refractivity contribution is 0.828. The lowest BCUT2D eigenvalue weighted by atomic mass is 10.1. The first-order valence-electron chi connectivity index (χ1n) is 6.99. The quantitative estimate of drug-likeness (QED) is 0.783. The van der Waals surface area contributed by atoms with Gasteiger partial charge in [-0.05, 0) is 50.5 Å². The molecule has 0 amide bonds. The number of hydrogen-bond donors (Lipinski definition) is 0. The fraction of sp³-hybridized carbons (Fsp3) is 0.353. The van der Waals surface area contributed by atoms with Crippen LogP contribution in [0.4, 0.5) is 5.82 Å². The summed E-state index contributed by atoms with van der Waals surface area (Å²) in [5.74, 6) is 1.09. The maximum absolute atomic E-state index is 4.75. The van der Waals surface area contributed by atoms with E-state index < -0.39 is 0 Å². The summed E-state index contributed by atoms with van der Waals surface area (Å²) < 4.78 is 0. The van der Waals surface area contributed by atoms with Crippen LogP contribution in [0, 0.1) is 6.07 Å². The molecule has 1 aromatic carbocycles. The normalized spacial score (nSPS) is 10.4. The lowest BCUT2D eigenvalue weighted by Crippen LogP contribution is -2.23. The first-order valence-corrected chi connectivity index (χ1v) is 6.99. The summed E-state index contributed by atoms with van der Waals surface area (Å²) in [6, 6.07) is 17.6. The molecule has 2 aromatic rings. The van der Waals surface area contributed by atoms with Crippen molar-refractivity contribution in [3.05, 3.63) is 59.8 Å². The van der Waals surface area contributed by atoms with Gasteiger partial charge in [-0.3, -0.25) is 0 Å². The highest BCUT2D eigenvalue weighted by atomic mass is 15.2. The van der Waals surface area contributed by atoms with E-state index in [4.69, 9.17) is 4.98 Å². The average Bonchev–Trinajstić information content (AvgIpc) is 2.48. The highest BCUT2D eigenvalue weighted by Gasteiger charge is 2.04. The number of hydrogen-bond acceptors (Lipinski definition) is 2. The number of aryl methyl sites for hydroxylation is 2. The highest BCUT2D eigenvalue weighted by molar-refractivity contribution is 5.39. The van der Waals surface area contributed by atoms with Crippen LogP contribution in [-0.2, 0) is 12.8 Å². The summed E-state index contributed by atoms with van der Waals surface area (Å²) in [6.07, 6.45) is 2.00. The third-order valence-electron chi connectivity index (χ3n) is 3.32. The van der Waals surface area contributed by atoms with Gasteiger partial charge >= 0.3 is 0 Å². The van der Waals surface area contributed by atoms with Gasteiger partial charge in [-0.15, -0.1) is 0 Å². The van der Waals surface area contributed by atoms with Crippen molar-refractivity contribution in [3.8, 4) is 0 Å². The van der Waals surface area contributed by atoms with Gasteiger partial charge in [0.15, 0.2) is 0 Å². The van der Waals surface area contributed by atoms with Crippen LogP contribution in [0.5, 0.6) is 0 Å². The molecule has 0 aliphatic heterocycles. The number of benzene rings is 1. The van der Waals surface area contributed by atoms with E-state index in [2.05, 4.69) is 49.1 Å². The monoisotopic (exact) mass is 253 g/mol. The highest BCUT2D eigenvalue weighted by Crippen LogP contribution is 2.12. The molecule has 0 saturated carbocycles. The van der Waals surface area contributed by atoms with Crippen LogP contribution in [-0.4, -0.2) is 18.1 Å². The molecule has 0 N–H and O–H groups in total. The minimum atomic E-state index is 0.979. The van der Waals surface area contributed by atoms with Crippen molar-refractivity contribution in [1.82, 2.24) is 4.98 Å². The Morgan fingerprint density at radius 3 is 2.58 bits per heavy atom. The van der Waals surface area contributed by atoms with Crippen LogP contribution < -0.4 is 4.90 Å². The summed E-state index contributed by atoms with van der Waals surface area (Å²) in [5, 5.41) is 0. The largest absolute Gasteiger partial charge is 0.357 e. The predicted octanol–water partition coefficient (Wildman–Crippen LogP) is 3.51. The summed E-state index contributed by atoms with van der Waals surface area (Å²) in [5.41, 5.74) is 2.48. The molecule has 0 atom stereocenters. The van der Waals surface area contributed by atoms with Crippen LogP contribution >= 0.6 is 0 Å². The topological polar surface area (TPSA) is 16.1 Å². The molecular weight excluding hydrogens is 232 g/mol. The summed E-state index contributed by atoms with van der Waals surface area (Å²) in [4.78, 5) is 7.02. The fourth-order valence-corrected chi connectivity index (χ4v) is 2.19. The standard InChI is InChI=1S/C17H21N2/c1-3-19(4-2)17-12-8-11-16(18-17)14-13-15-9-6-5-7-10-15/h5-6,8-12H,3-4,13-14H2,1-2H3. The third-order valence-corrected chi connectivity index (χ3v) is 3.32. The van der Waals surface area contributed by atoms with Crippen molar-refractivity contribution >= 4 is 5.82 Å². The van der Waals surface area contributed by atoms with Gasteiger partial charge < -0.3 is 4.90 Å². The predicted molar refractivity (Wildman–Crippen MR) is 80.5 cm³/mol. The molecule has 2 rings (SSSR count). The van der Waals surface area contributed by atoms with Gasteiger partial charge in [-0.2, -0.15) is 0 Å². The number of rotatable bonds is 6. The zero-order valence-electron chi connectivity index (χ0n) is 11.8. The Labute approximate surface area is 116 Å². The van der Waals surface area contributed by atoms with Gasteiger partial charge in [0.2, 0.25) is 0 Å². The van der Waals surface area contributed by atoms with Gasteiger partial charge in [0.05, 0.1) is 0 Å². The Morgan fingerprint density at radius 1 is 1.05 bits per heavy atom. The van der Waals surface area contributed by atoms with E-state index in [1.54, 1.807) is 0 Å². The SMILES string of the molecule is CCN(CC)c1cccc(CCc2c[c]ccc2)n1. The zero-order chi connectivity index (χ0) is 13.5. The first kappa shape index (κ1) is 13.6. The van der Waals surface area contributed by atoms with E-state index in [0.717, 1.165) is 37.4 Å². The molecule has 1 aromatic heterocycles. The first-order chi connectivity index (χ1) is 9.33. The number of pyridine rings is 1. The van der Waals surface area contributed by atoms with E-state index in [0.29, 0.717) is 0 Å². The van der Waals surface area contributed by atoms with Crippen LogP contribution in [0.25, 0.3) is 0 Å². The molecule has 1 heterocycles. The minimum Gasteiger partial charge on any atom is -0.357 e.